The molecule has 0 aromatic heterocycles. The largest absolute Gasteiger partial charge is 0.481 e. The lowest BCUT2D eigenvalue weighted by Gasteiger charge is -2.03. The molecule has 4 heteroatoms. The number of carboxylic acids is 1. The Hall–Kier alpha value is -1.16. The quantitative estimate of drug-likeness (QED) is 0.572. The van der Waals surface area contributed by atoms with Gasteiger partial charge in [0.05, 0.1) is 5.75 Å². The van der Waals surface area contributed by atoms with Crippen LogP contribution in [0.3, 0.4) is 0 Å². The third-order valence-corrected chi connectivity index (χ3v) is 2.59. The van der Waals surface area contributed by atoms with Crippen LogP contribution in [0.4, 0.5) is 5.69 Å². The summed E-state index contributed by atoms with van der Waals surface area (Å²) in [6.45, 7) is 1.95. The molecule has 0 aliphatic rings. The van der Waals surface area contributed by atoms with E-state index in [9.17, 15) is 4.79 Å². The molecule has 0 atom stereocenters. The van der Waals surface area contributed by atoms with Crippen LogP contribution in [0.15, 0.2) is 23.1 Å². The van der Waals surface area contributed by atoms with Gasteiger partial charge in [0.15, 0.2) is 0 Å². The van der Waals surface area contributed by atoms with Crippen LogP contribution in [-0.4, -0.2) is 16.8 Å². The van der Waals surface area contributed by atoms with Crippen molar-refractivity contribution in [3.05, 3.63) is 23.8 Å². The molecule has 3 N–H and O–H groups in total. The maximum absolute atomic E-state index is 10.3. The highest BCUT2D eigenvalue weighted by molar-refractivity contribution is 8.00. The fourth-order valence-electron chi connectivity index (χ4n) is 0.939. The minimum Gasteiger partial charge on any atom is -0.481 e. The first-order valence-corrected chi connectivity index (χ1v) is 4.79. The molecule has 3 nitrogen and oxygen atoms in total. The molecule has 0 fully saturated rings. The van der Waals surface area contributed by atoms with Crippen molar-refractivity contribution >= 4 is 23.4 Å². The summed E-state index contributed by atoms with van der Waals surface area (Å²) >= 11 is 1.24. The highest BCUT2D eigenvalue weighted by atomic mass is 32.2. The van der Waals surface area contributed by atoms with Crippen molar-refractivity contribution in [2.45, 2.75) is 11.8 Å². The van der Waals surface area contributed by atoms with E-state index in [4.69, 9.17) is 10.8 Å². The SMILES string of the molecule is Cc1ccc(SCC(=O)O)c(N)c1. The fraction of sp³-hybridized carbons (Fsp3) is 0.222. The smallest absolute Gasteiger partial charge is 0.313 e. The second-order valence-electron chi connectivity index (χ2n) is 2.72. The standard InChI is InChI=1S/C9H11NO2S/c1-6-2-3-8(7(10)4-6)13-5-9(11)12/h2-4H,5,10H2,1H3,(H,11,12). The van der Waals surface area contributed by atoms with Crippen molar-refractivity contribution in [1.29, 1.82) is 0 Å². The van der Waals surface area contributed by atoms with Crippen molar-refractivity contribution < 1.29 is 9.90 Å². The van der Waals surface area contributed by atoms with Crippen molar-refractivity contribution in [3.8, 4) is 0 Å². The van der Waals surface area contributed by atoms with Crippen molar-refractivity contribution in [3.63, 3.8) is 0 Å². The number of rotatable bonds is 3. The van der Waals surface area contributed by atoms with Crippen LogP contribution < -0.4 is 5.73 Å². The van der Waals surface area contributed by atoms with E-state index >= 15 is 0 Å². The van der Waals surface area contributed by atoms with Gasteiger partial charge < -0.3 is 10.8 Å². The predicted molar refractivity (Wildman–Crippen MR) is 54.0 cm³/mol. The number of aliphatic carboxylic acids is 1. The molecule has 1 aromatic rings. The van der Waals surface area contributed by atoms with Gasteiger partial charge in [-0.2, -0.15) is 0 Å². The van der Waals surface area contributed by atoms with Crippen molar-refractivity contribution in [1.82, 2.24) is 0 Å². The maximum atomic E-state index is 10.3. The maximum Gasteiger partial charge on any atom is 0.313 e. The molecule has 0 saturated carbocycles. The number of benzene rings is 1. The summed E-state index contributed by atoms with van der Waals surface area (Å²) in [4.78, 5) is 11.1. The number of carboxylic acid groups (broad SMARTS) is 1. The summed E-state index contributed by atoms with van der Waals surface area (Å²) in [6, 6.07) is 5.60. The Kier molecular flexibility index (Phi) is 3.19. The molecule has 0 aliphatic heterocycles. The number of hydrogen-bond acceptors (Lipinski definition) is 3. The average Bonchev–Trinajstić information content (AvgIpc) is 2.02. The Bertz CT molecular complexity index is 325. The monoisotopic (exact) mass is 197 g/mol. The molecule has 0 heterocycles. The van der Waals surface area contributed by atoms with Gasteiger partial charge >= 0.3 is 5.97 Å². The Labute approximate surface area is 80.9 Å². The molecule has 70 valence electrons. The second-order valence-corrected chi connectivity index (χ2v) is 3.74. The first kappa shape index (κ1) is 9.92. The summed E-state index contributed by atoms with van der Waals surface area (Å²) in [5.41, 5.74) is 7.42. The molecule has 0 bridgehead atoms. The average molecular weight is 197 g/mol. The summed E-state index contributed by atoms with van der Waals surface area (Å²) in [7, 11) is 0. The second kappa shape index (κ2) is 4.18. The van der Waals surface area contributed by atoms with Crippen LogP contribution in [0.1, 0.15) is 5.56 Å². The molecule has 0 radical (unpaired) electrons. The van der Waals surface area contributed by atoms with Gasteiger partial charge in [-0.1, -0.05) is 6.07 Å². The molecule has 1 aromatic carbocycles. The summed E-state index contributed by atoms with van der Waals surface area (Å²) < 4.78 is 0. The summed E-state index contributed by atoms with van der Waals surface area (Å²) in [6.07, 6.45) is 0. The number of carbonyl (C=O) groups is 1. The van der Waals surface area contributed by atoms with E-state index in [1.54, 1.807) is 0 Å². The van der Waals surface area contributed by atoms with Gasteiger partial charge in [-0.25, -0.2) is 0 Å². The predicted octanol–water partition coefficient (Wildman–Crippen LogP) is 1.75. The van der Waals surface area contributed by atoms with Crippen molar-refractivity contribution in [2.75, 3.05) is 11.5 Å². The van der Waals surface area contributed by atoms with Gasteiger partial charge in [-0.15, -0.1) is 11.8 Å². The van der Waals surface area contributed by atoms with Gasteiger partial charge in [0, 0.05) is 10.6 Å². The number of nitrogens with two attached hydrogens (primary N) is 1. The van der Waals surface area contributed by atoms with Gasteiger partial charge in [0.2, 0.25) is 0 Å². The first-order valence-electron chi connectivity index (χ1n) is 3.80. The van der Waals surface area contributed by atoms with Crippen LogP contribution in [0, 0.1) is 6.92 Å². The number of nitrogen functional groups attached to an aromatic ring is 1. The fourth-order valence-corrected chi connectivity index (χ4v) is 1.61. The van der Waals surface area contributed by atoms with Gasteiger partial charge in [-0.05, 0) is 24.6 Å². The molecule has 0 spiro atoms. The van der Waals surface area contributed by atoms with Crippen LogP contribution in [0.5, 0.6) is 0 Å². The van der Waals surface area contributed by atoms with Crippen LogP contribution in [-0.2, 0) is 4.79 Å². The van der Waals surface area contributed by atoms with Gasteiger partial charge in [0.25, 0.3) is 0 Å². The lowest BCUT2D eigenvalue weighted by molar-refractivity contribution is -0.133. The van der Waals surface area contributed by atoms with E-state index in [1.165, 1.54) is 11.8 Å². The molecule has 0 saturated heterocycles. The van der Waals surface area contributed by atoms with Crippen LogP contribution >= 0.6 is 11.8 Å². The molecule has 0 unspecified atom stereocenters. The zero-order chi connectivity index (χ0) is 9.84. The number of anilines is 1. The lowest BCUT2D eigenvalue weighted by Crippen LogP contribution is -1.98. The molecule has 0 aliphatic carbocycles. The normalized spacial score (nSPS) is 9.92. The van der Waals surface area contributed by atoms with E-state index in [1.807, 2.05) is 25.1 Å². The number of aryl methyl sites for hydroxylation is 1. The zero-order valence-electron chi connectivity index (χ0n) is 7.28. The molecule has 0 amide bonds. The number of hydrogen-bond donors (Lipinski definition) is 2. The molecule has 13 heavy (non-hydrogen) atoms. The highest BCUT2D eigenvalue weighted by Gasteiger charge is 2.02. The van der Waals surface area contributed by atoms with E-state index in [0.717, 1.165) is 10.5 Å². The topological polar surface area (TPSA) is 63.3 Å². The minimum absolute atomic E-state index is 0.0489. The summed E-state index contributed by atoms with van der Waals surface area (Å²) in [5, 5.41) is 8.46. The van der Waals surface area contributed by atoms with E-state index < -0.39 is 5.97 Å². The van der Waals surface area contributed by atoms with Crippen LogP contribution in [0.25, 0.3) is 0 Å². The molecular formula is C9H11NO2S. The molecule has 1 rings (SSSR count). The number of thioether (sulfide) groups is 1. The van der Waals surface area contributed by atoms with Gasteiger partial charge in [0.1, 0.15) is 0 Å². The Morgan fingerprint density at radius 1 is 1.62 bits per heavy atom. The third-order valence-electron chi connectivity index (χ3n) is 1.52. The Morgan fingerprint density at radius 3 is 2.85 bits per heavy atom. The Morgan fingerprint density at radius 2 is 2.31 bits per heavy atom. The van der Waals surface area contributed by atoms with E-state index in [-0.39, 0.29) is 5.75 Å². The lowest BCUT2D eigenvalue weighted by atomic mass is 10.2. The third kappa shape index (κ3) is 2.99. The highest BCUT2D eigenvalue weighted by Crippen LogP contribution is 2.25. The van der Waals surface area contributed by atoms with Crippen LogP contribution in [0.2, 0.25) is 0 Å². The van der Waals surface area contributed by atoms with E-state index in [0.29, 0.717) is 5.69 Å². The van der Waals surface area contributed by atoms with Crippen molar-refractivity contribution in [2.24, 2.45) is 0 Å². The summed E-state index contributed by atoms with van der Waals surface area (Å²) in [5.74, 6) is -0.780. The van der Waals surface area contributed by atoms with Gasteiger partial charge in [-0.3, -0.25) is 4.79 Å². The van der Waals surface area contributed by atoms with E-state index in [2.05, 4.69) is 0 Å². The molecular weight excluding hydrogens is 186 g/mol. The zero-order valence-corrected chi connectivity index (χ0v) is 8.10. The first-order chi connectivity index (χ1) is 6.09. The Balaban J connectivity index is 2.72. The minimum atomic E-state index is -0.829.